The highest BCUT2D eigenvalue weighted by atomic mass is 16.5. The number of benzene rings is 1. The summed E-state index contributed by atoms with van der Waals surface area (Å²) in [6.07, 6.45) is 1.05. The molecule has 0 atom stereocenters. The average molecular weight is 297 g/mol. The first-order valence-corrected chi connectivity index (χ1v) is 7.52. The number of nitrogens with zero attached hydrogens (tertiary/aromatic N) is 5. The minimum Gasteiger partial charge on any atom is -0.369 e. The quantitative estimate of drug-likeness (QED) is 0.862. The highest BCUT2D eigenvalue weighted by Gasteiger charge is 2.18. The Morgan fingerprint density at radius 1 is 1.23 bits per heavy atom. The van der Waals surface area contributed by atoms with E-state index in [1.165, 1.54) is 0 Å². The minimum absolute atomic E-state index is 0.606. The van der Waals surface area contributed by atoms with Crippen molar-refractivity contribution in [3.8, 4) is 6.07 Å². The van der Waals surface area contributed by atoms with Crippen molar-refractivity contribution in [1.29, 1.82) is 5.26 Å². The molecule has 1 aromatic carbocycles. The second-order valence-electron chi connectivity index (χ2n) is 5.48. The van der Waals surface area contributed by atoms with Gasteiger partial charge in [0.2, 0.25) is 5.89 Å². The molecule has 0 aliphatic carbocycles. The molecule has 22 heavy (non-hydrogen) atoms. The Hall–Kier alpha value is -2.39. The molecule has 1 aliphatic heterocycles. The summed E-state index contributed by atoms with van der Waals surface area (Å²) in [5.41, 5.74) is 1.77. The zero-order valence-electron chi connectivity index (χ0n) is 12.7. The van der Waals surface area contributed by atoms with E-state index in [1.807, 2.05) is 24.3 Å². The highest BCUT2D eigenvalue weighted by Crippen LogP contribution is 2.21. The number of aryl methyl sites for hydroxylation is 1. The van der Waals surface area contributed by atoms with Gasteiger partial charge in [-0.2, -0.15) is 10.2 Å². The number of hydrogen-bond acceptors (Lipinski definition) is 6. The molecule has 0 saturated carbocycles. The molecule has 0 amide bonds. The Morgan fingerprint density at radius 3 is 2.86 bits per heavy atom. The molecule has 114 valence electrons. The lowest BCUT2D eigenvalue weighted by atomic mass is 10.1. The van der Waals surface area contributed by atoms with Gasteiger partial charge in [-0.1, -0.05) is 17.3 Å². The lowest BCUT2D eigenvalue weighted by Crippen LogP contribution is -2.31. The number of nitriles is 1. The first-order chi connectivity index (χ1) is 10.8. The molecule has 0 bridgehead atoms. The fraction of sp³-hybridized carbons (Fsp3) is 0.438. The first kappa shape index (κ1) is 14.5. The van der Waals surface area contributed by atoms with Crippen LogP contribution in [-0.2, 0) is 6.54 Å². The van der Waals surface area contributed by atoms with Gasteiger partial charge in [0.25, 0.3) is 0 Å². The van der Waals surface area contributed by atoms with Crippen molar-refractivity contribution in [3.63, 3.8) is 0 Å². The van der Waals surface area contributed by atoms with E-state index in [0.717, 1.165) is 49.7 Å². The van der Waals surface area contributed by atoms with Crippen LogP contribution in [0.25, 0.3) is 0 Å². The molecule has 1 fully saturated rings. The summed E-state index contributed by atoms with van der Waals surface area (Å²) in [5, 5.41) is 13.2. The molecule has 0 spiro atoms. The van der Waals surface area contributed by atoms with E-state index in [0.29, 0.717) is 12.4 Å². The second-order valence-corrected chi connectivity index (χ2v) is 5.48. The maximum atomic E-state index is 9.25. The molecule has 3 rings (SSSR count). The topological polar surface area (TPSA) is 69.2 Å². The Balaban J connectivity index is 1.66. The van der Waals surface area contributed by atoms with Crippen LogP contribution in [0.15, 0.2) is 28.8 Å². The summed E-state index contributed by atoms with van der Waals surface area (Å²) < 4.78 is 5.02. The van der Waals surface area contributed by atoms with Crippen LogP contribution in [0.4, 0.5) is 5.69 Å². The Morgan fingerprint density at radius 2 is 2.09 bits per heavy atom. The summed E-state index contributed by atoms with van der Waals surface area (Å²) in [6, 6.07) is 10.1. The molecule has 2 aromatic rings. The van der Waals surface area contributed by atoms with Crippen molar-refractivity contribution >= 4 is 5.69 Å². The van der Waals surface area contributed by atoms with Gasteiger partial charge in [-0.25, -0.2) is 0 Å². The predicted octanol–water partition coefficient (Wildman–Crippen LogP) is 1.96. The molecule has 1 aliphatic rings. The SMILES string of the molecule is Cc1nc(CN2CCCN(c3ccccc3C#N)CC2)no1. The van der Waals surface area contributed by atoms with Gasteiger partial charge < -0.3 is 9.42 Å². The van der Waals surface area contributed by atoms with E-state index in [4.69, 9.17) is 4.52 Å². The van der Waals surface area contributed by atoms with Gasteiger partial charge in [0, 0.05) is 33.1 Å². The zero-order valence-corrected chi connectivity index (χ0v) is 12.7. The van der Waals surface area contributed by atoms with Crippen LogP contribution >= 0.6 is 0 Å². The van der Waals surface area contributed by atoms with E-state index >= 15 is 0 Å². The summed E-state index contributed by atoms with van der Waals surface area (Å²) in [4.78, 5) is 8.89. The van der Waals surface area contributed by atoms with Gasteiger partial charge >= 0.3 is 0 Å². The van der Waals surface area contributed by atoms with Crippen molar-refractivity contribution in [2.45, 2.75) is 19.9 Å². The second kappa shape index (κ2) is 6.58. The number of anilines is 1. The van der Waals surface area contributed by atoms with Crippen molar-refractivity contribution < 1.29 is 4.52 Å². The Bertz CT molecular complexity index is 675. The van der Waals surface area contributed by atoms with Gasteiger partial charge in [0.05, 0.1) is 17.8 Å². The maximum Gasteiger partial charge on any atom is 0.223 e. The third kappa shape index (κ3) is 3.26. The lowest BCUT2D eigenvalue weighted by molar-refractivity contribution is 0.272. The molecule has 1 saturated heterocycles. The van der Waals surface area contributed by atoms with Crippen LogP contribution < -0.4 is 4.90 Å². The van der Waals surface area contributed by atoms with Gasteiger partial charge in [0.15, 0.2) is 5.82 Å². The molecule has 0 unspecified atom stereocenters. The highest BCUT2D eigenvalue weighted by molar-refractivity contribution is 5.59. The van der Waals surface area contributed by atoms with E-state index in [2.05, 4.69) is 26.0 Å². The number of aromatic nitrogens is 2. The zero-order chi connectivity index (χ0) is 15.4. The number of hydrogen-bond donors (Lipinski definition) is 0. The van der Waals surface area contributed by atoms with Crippen LogP contribution in [-0.4, -0.2) is 41.2 Å². The van der Waals surface area contributed by atoms with Crippen LogP contribution in [0.3, 0.4) is 0 Å². The first-order valence-electron chi connectivity index (χ1n) is 7.52. The molecule has 0 N–H and O–H groups in total. The van der Waals surface area contributed by atoms with E-state index in [-0.39, 0.29) is 0 Å². The maximum absolute atomic E-state index is 9.25. The fourth-order valence-corrected chi connectivity index (χ4v) is 2.82. The Labute approximate surface area is 129 Å². The van der Waals surface area contributed by atoms with Gasteiger partial charge in [0.1, 0.15) is 6.07 Å². The molecule has 6 heteroatoms. The van der Waals surface area contributed by atoms with E-state index < -0.39 is 0 Å². The largest absolute Gasteiger partial charge is 0.369 e. The molecule has 6 nitrogen and oxygen atoms in total. The van der Waals surface area contributed by atoms with E-state index in [1.54, 1.807) is 6.92 Å². The van der Waals surface area contributed by atoms with Gasteiger partial charge in [-0.3, -0.25) is 4.90 Å². The molecule has 1 aromatic heterocycles. The summed E-state index contributed by atoms with van der Waals surface area (Å²) in [6.45, 7) is 6.30. The average Bonchev–Trinajstić information content (AvgIpc) is 2.81. The normalized spacial score (nSPS) is 16.3. The number of rotatable bonds is 3. The van der Waals surface area contributed by atoms with Gasteiger partial charge in [-0.05, 0) is 18.6 Å². The lowest BCUT2D eigenvalue weighted by Gasteiger charge is -2.24. The van der Waals surface area contributed by atoms with Crippen LogP contribution in [0, 0.1) is 18.3 Å². The van der Waals surface area contributed by atoms with Gasteiger partial charge in [-0.15, -0.1) is 0 Å². The summed E-state index contributed by atoms with van der Waals surface area (Å²) in [7, 11) is 0. The monoisotopic (exact) mass is 297 g/mol. The minimum atomic E-state index is 0.606. The standard InChI is InChI=1S/C16H19N5O/c1-13-18-16(19-22-13)12-20-7-4-8-21(10-9-20)15-6-3-2-5-14(15)11-17/h2-3,5-6H,4,7-10,12H2,1H3. The smallest absolute Gasteiger partial charge is 0.223 e. The molecular formula is C16H19N5O. The third-order valence-electron chi connectivity index (χ3n) is 3.89. The van der Waals surface area contributed by atoms with E-state index in [9.17, 15) is 5.26 Å². The van der Waals surface area contributed by atoms with Crippen LogP contribution in [0.1, 0.15) is 23.7 Å². The summed E-state index contributed by atoms with van der Waals surface area (Å²) in [5.74, 6) is 1.35. The number of para-hydroxylation sites is 1. The van der Waals surface area contributed by atoms with Crippen molar-refractivity contribution in [3.05, 3.63) is 41.5 Å². The van der Waals surface area contributed by atoms with Crippen molar-refractivity contribution in [2.75, 3.05) is 31.1 Å². The van der Waals surface area contributed by atoms with Crippen molar-refractivity contribution in [1.82, 2.24) is 15.0 Å². The predicted molar refractivity (Wildman–Crippen MR) is 82.3 cm³/mol. The van der Waals surface area contributed by atoms with Crippen LogP contribution in [0.2, 0.25) is 0 Å². The molecular weight excluding hydrogens is 278 g/mol. The Kier molecular flexibility index (Phi) is 4.35. The molecule has 2 heterocycles. The van der Waals surface area contributed by atoms with Crippen LogP contribution in [0.5, 0.6) is 0 Å². The third-order valence-corrected chi connectivity index (χ3v) is 3.89. The fourth-order valence-electron chi connectivity index (χ4n) is 2.82. The molecule has 0 radical (unpaired) electrons. The van der Waals surface area contributed by atoms with Crippen molar-refractivity contribution in [2.24, 2.45) is 0 Å². The summed E-state index contributed by atoms with van der Waals surface area (Å²) >= 11 is 0.